The molecule has 26 heavy (non-hydrogen) atoms. The summed E-state index contributed by atoms with van der Waals surface area (Å²) in [6, 6.07) is 3.82. The number of halogens is 1. The van der Waals surface area contributed by atoms with Crippen LogP contribution in [0.3, 0.4) is 0 Å². The predicted octanol–water partition coefficient (Wildman–Crippen LogP) is 3.56. The van der Waals surface area contributed by atoms with Crippen molar-refractivity contribution in [3.05, 3.63) is 47.0 Å². The third kappa shape index (κ3) is 3.31. The maximum Gasteiger partial charge on any atom is 0.338 e. The van der Waals surface area contributed by atoms with Gasteiger partial charge in [-0.15, -0.1) is 0 Å². The summed E-state index contributed by atoms with van der Waals surface area (Å²) >= 11 is 5.98. The van der Waals surface area contributed by atoms with Crippen LogP contribution in [-0.4, -0.2) is 36.0 Å². The van der Waals surface area contributed by atoms with E-state index in [9.17, 15) is 4.79 Å². The van der Waals surface area contributed by atoms with E-state index in [1.54, 1.807) is 18.2 Å². The van der Waals surface area contributed by atoms with E-state index in [1.165, 1.54) is 26.4 Å². The van der Waals surface area contributed by atoms with Crippen LogP contribution >= 0.6 is 11.6 Å². The monoisotopic (exact) mass is 375 g/mol. The average Bonchev–Trinajstić information content (AvgIpc) is 3.25. The second kappa shape index (κ2) is 7.29. The Morgan fingerprint density at radius 3 is 2.85 bits per heavy atom. The van der Waals surface area contributed by atoms with Crippen LogP contribution in [0.2, 0.25) is 5.22 Å². The smallest absolute Gasteiger partial charge is 0.338 e. The summed E-state index contributed by atoms with van der Waals surface area (Å²) in [4.78, 5) is 18.7. The van der Waals surface area contributed by atoms with Gasteiger partial charge < -0.3 is 14.1 Å². The van der Waals surface area contributed by atoms with Crippen LogP contribution in [0.1, 0.15) is 43.9 Å². The van der Waals surface area contributed by atoms with Gasteiger partial charge in [-0.2, -0.15) is 0 Å². The molecule has 6 nitrogen and oxygen atoms in total. The fourth-order valence-corrected chi connectivity index (χ4v) is 3.99. The van der Waals surface area contributed by atoms with Gasteiger partial charge in [0.05, 0.1) is 12.7 Å². The molecule has 2 atom stereocenters. The fraction of sp³-hybridized carbons (Fsp3) is 0.474. The second-order valence-electron chi connectivity index (χ2n) is 6.83. The molecule has 0 spiro atoms. The first-order chi connectivity index (χ1) is 12.7. The Morgan fingerprint density at radius 1 is 1.35 bits per heavy atom. The summed E-state index contributed by atoms with van der Waals surface area (Å²) in [7, 11) is 1.38. The van der Waals surface area contributed by atoms with Crippen LogP contribution in [0.15, 0.2) is 45.5 Å². The number of fused-ring (bicyclic) bond motifs is 1. The van der Waals surface area contributed by atoms with E-state index in [2.05, 4.69) is 10.2 Å². The molecule has 4 rings (SSSR count). The highest BCUT2D eigenvalue weighted by Crippen LogP contribution is 2.35. The summed E-state index contributed by atoms with van der Waals surface area (Å²) in [5, 5.41) is 4.09. The molecule has 2 aliphatic heterocycles. The maximum absolute atomic E-state index is 11.8. The van der Waals surface area contributed by atoms with E-state index < -0.39 is 0 Å². The molecule has 3 aliphatic rings. The molecule has 0 bridgehead atoms. The topological polar surface area (TPSA) is 67.1 Å². The van der Waals surface area contributed by atoms with Gasteiger partial charge in [-0.25, -0.2) is 4.79 Å². The number of ether oxygens (including phenoxy) is 1. The lowest BCUT2D eigenvalue weighted by molar-refractivity contribution is -0.135. The number of hydrogen-bond donors (Lipinski definition) is 1. The number of nitrogens with zero attached hydrogens (tertiary/aromatic N) is 2. The number of aliphatic imine (C=N–C) groups is 1. The van der Waals surface area contributed by atoms with E-state index in [0.29, 0.717) is 22.6 Å². The van der Waals surface area contributed by atoms with E-state index in [-0.39, 0.29) is 18.2 Å². The minimum absolute atomic E-state index is 0.0676. The second-order valence-corrected chi connectivity index (χ2v) is 7.21. The Balaban J connectivity index is 1.62. The van der Waals surface area contributed by atoms with Crippen molar-refractivity contribution >= 4 is 23.4 Å². The molecule has 1 aromatic heterocycles. The van der Waals surface area contributed by atoms with Gasteiger partial charge in [-0.1, -0.05) is 19.3 Å². The van der Waals surface area contributed by atoms with E-state index >= 15 is 0 Å². The Hall–Kier alpha value is -2.05. The van der Waals surface area contributed by atoms with Crippen molar-refractivity contribution in [2.75, 3.05) is 7.11 Å². The molecule has 1 aromatic rings. The number of carbonyl (C=O) groups is 1. The average molecular weight is 376 g/mol. The maximum atomic E-state index is 11.8. The molecule has 1 saturated carbocycles. The van der Waals surface area contributed by atoms with Crippen molar-refractivity contribution in [1.29, 1.82) is 0 Å². The molecule has 0 aromatic carbocycles. The Labute approximate surface area is 157 Å². The molecule has 1 N–H and O–H groups in total. The minimum atomic E-state index is -0.370. The molecular formula is C19H22ClN3O3. The first kappa shape index (κ1) is 17.4. The van der Waals surface area contributed by atoms with Crippen molar-refractivity contribution in [2.45, 2.75) is 50.4 Å². The number of hydrogen-bond acceptors (Lipinski definition) is 6. The number of furan rings is 1. The minimum Gasteiger partial charge on any atom is -0.465 e. The zero-order chi connectivity index (χ0) is 18.1. The zero-order valence-corrected chi connectivity index (χ0v) is 15.4. The third-order valence-electron chi connectivity index (χ3n) is 5.15. The van der Waals surface area contributed by atoms with Crippen molar-refractivity contribution in [3.63, 3.8) is 0 Å². The summed E-state index contributed by atoms with van der Waals surface area (Å²) < 4.78 is 10.5. The lowest BCUT2D eigenvalue weighted by Gasteiger charge is -2.33. The Bertz CT molecular complexity index is 777. The number of esters is 1. The van der Waals surface area contributed by atoms with Crippen LogP contribution in [0.4, 0.5) is 0 Å². The standard InChI is InChI=1S/C19H22ClN3O3/c1-25-19(24)12-9-10-23-16(11-12)22-17(14-7-8-15(20)26-14)18(23)21-13-5-3-2-4-6-13/h7-11,13,17-18,21H,2-6H2,1H3. The number of nitrogens with one attached hydrogen (secondary N) is 1. The van der Waals surface area contributed by atoms with Crippen molar-refractivity contribution in [1.82, 2.24) is 10.2 Å². The summed E-state index contributed by atoms with van der Waals surface area (Å²) in [6.45, 7) is 0. The number of amidine groups is 1. The molecule has 3 heterocycles. The van der Waals surface area contributed by atoms with Gasteiger partial charge >= 0.3 is 5.97 Å². The summed E-state index contributed by atoms with van der Waals surface area (Å²) in [6.07, 6.45) is 11.5. The van der Waals surface area contributed by atoms with Gasteiger partial charge in [0.1, 0.15) is 23.8 Å². The SMILES string of the molecule is COC(=O)C1=CC2=NC(c3ccc(Cl)o3)C(NC3CCCCC3)N2C=C1. The molecule has 138 valence electrons. The van der Waals surface area contributed by atoms with Gasteiger partial charge in [0.2, 0.25) is 0 Å². The highest BCUT2D eigenvalue weighted by atomic mass is 35.5. The van der Waals surface area contributed by atoms with Crippen molar-refractivity contribution in [3.8, 4) is 0 Å². The molecule has 7 heteroatoms. The highest BCUT2D eigenvalue weighted by molar-refractivity contribution is 6.28. The van der Waals surface area contributed by atoms with Gasteiger partial charge in [0, 0.05) is 12.2 Å². The molecule has 2 unspecified atom stereocenters. The normalized spacial score (nSPS) is 25.7. The Kier molecular flexibility index (Phi) is 4.87. The first-order valence-electron chi connectivity index (χ1n) is 9.01. The predicted molar refractivity (Wildman–Crippen MR) is 98.8 cm³/mol. The largest absolute Gasteiger partial charge is 0.465 e. The molecule has 1 fully saturated rings. The van der Waals surface area contributed by atoms with E-state index in [0.717, 1.165) is 18.7 Å². The summed E-state index contributed by atoms with van der Waals surface area (Å²) in [5.41, 5.74) is 0.483. The first-order valence-corrected chi connectivity index (χ1v) is 9.39. The van der Waals surface area contributed by atoms with Crippen LogP contribution in [0, 0.1) is 0 Å². The van der Waals surface area contributed by atoms with Gasteiger partial charge in [-0.3, -0.25) is 10.3 Å². The van der Waals surface area contributed by atoms with Gasteiger partial charge in [0.25, 0.3) is 0 Å². The molecule has 0 radical (unpaired) electrons. The molecule has 0 saturated heterocycles. The molecule has 1 aliphatic carbocycles. The van der Waals surface area contributed by atoms with E-state index in [4.69, 9.17) is 25.7 Å². The lowest BCUT2D eigenvalue weighted by Crippen LogP contribution is -2.49. The number of rotatable bonds is 4. The number of methoxy groups -OCH3 is 1. The van der Waals surface area contributed by atoms with Crippen LogP contribution in [0.5, 0.6) is 0 Å². The van der Waals surface area contributed by atoms with Crippen molar-refractivity contribution < 1.29 is 13.9 Å². The lowest BCUT2D eigenvalue weighted by atomic mass is 9.95. The van der Waals surface area contributed by atoms with Gasteiger partial charge in [0.15, 0.2) is 5.22 Å². The molecule has 0 amide bonds. The summed E-state index contributed by atoms with van der Waals surface area (Å²) in [5.74, 6) is 1.07. The Morgan fingerprint density at radius 2 is 2.15 bits per heavy atom. The van der Waals surface area contributed by atoms with Crippen LogP contribution < -0.4 is 5.32 Å². The quantitative estimate of drug-likeness (QED) is 0.815. The third-order valence-corrected chi connectivity index (χ3v) is 5.36. The fourth-order valence-electron chi connectivity index (χ4n) is 3.84. The zero-order valence-electron chi connectivity index (χ0n) is 14.7. The van der Waals surface area contributed by atoms with E-state index in [1.807, 2.05) is 12.3 Å². The molecular weight excluding hydrogens is 354 g/mol. The van der Waals surface area contributed by atoms with Crippen LogP contribution in [-0.2, 0) is 9.53 Å². The highest BCUT2D eigenvalue weighted by Gasteiger charge is 2.39. The van der Waals surface area contributed by atoms with Gasteiger partial charge in [-0.05, 0) is 48.7 Å². The number of carbonyl (C=O) groups excluding carboxylic acids is 1. The van der Waals surface area contributed by atoms with Crippen LogP contribution in [0.25, 0.3) is 0 Å². The van der Waals surface area contributed by atoms with Crippen molar-refractivity contribution in [2.24, 2.45) is 4.99 Å².